The predicted octanol–water partition coefficient (Wildman–Crippen LogP) is -0.834. The Hall–Kier alpha value is -1.48. The van der Waals surface area contributed by atoms with E-state index < -0.39 is 42.1 Å². The molecule has 0 saturated carbocycles. The van der Waals surface area contributed by atoms with Gasteiger partial charge < -0.3 is 30.9 Å². The Morgan fingerprint density at radius 2 is 2.21 bits per heavy atom. The quantitative estimate of drug-likeness (QED) is 0.484. The molecule has 8 heteroatoms. The van der Waals surface area contributed by atoms with Gasteiger partial charge in [0.2, 0.25) is 11.8 Å². The second-order valence-electron chi connectivity index (χ2n) is 6.66. The standard InChI is InChI=1S/C16H27N3O5/c1-4-10-13(24-16(2,3)23-10)12(20)11(17)15(22)19-9-7-5-6-8-18-14(9)21/h4,9-13,20H,1,5-8,17H2,2-3H3,(H,18,21)(H,19,22)/t9-,10+,11+,12-,13-/m0/s1. The Balaban J connectivity index is 1.98. The fourth-order valence-electron chi connectivity index (χ4n) is 2.97. The summed E-state index contributed by atoms with van der Waals surface area (Å²) in [5.74, 6) is -1.73. The molecular weight excluding hydrogens is 314 g/mol. The molecule has 0 spiro atoms. The number of carbonyl (C=O) groups excluding carboxylic acids is 2. The fourth-order valence-corrected chi connectivity index (χ4v) is 2.97. The molecule has 2 aliphatic heterocycles. The maximum absolute atomic E-state index is 12.3. The van der Waals surface area contributed by atoms with Crippen LogP contribution in [-0.4, -0.2) is 59.6 Å². The van der Waals surface area contributed by atoms with Crippen molar-refractivity contribution in [1.29, 1.82) is 0 Å². The van der Waals surface area contributed by atoms with Crippen LogP contribution < -0.4 is 16.4 Å². The second kappa shape index (κ2) is 7.60. The van der Waals surface area contributed by atoms with Crippen LogP contribution in [0.5, 0.6) is 0 Å². The molecule has 2 amide bonds. The van der Waals surface area contributed by atoms with Gasteiger partial charge in [-0.15, -0.1) is 6.58 Å². The number of nitrogens with one attached hydrogen (secondary N) is 2. The number of ether oxygens (including phenoxy) is 2. The van der Waals surface area contributed by atoms with E-state index in [4.69, 9.17) is 15.2 Å². The van der Waals surface area contributed by atoms with Crippen molar-refractivity contribution in [3.8, 4) is 0 Å². The van der Waals surface area contributed by atoms with Crippen LogP contribution in [0.4, 0.5) is 0 Å². The average Bonchev–Trinajstić information content (AvgIpc) is 2.72. The Kier molecular flexibility index (Phi) is 5.97. The lowest BCUT2D eigenvalue weighted by Gasteiger charge is -2.26. The molecule has 2 saturated heterocycles. The van der Waals surface area contributed by atoms with Crippen LogP contribution in [0.2, 0.25) is 0 Å². The monoisotopic (exact) mass is 341 g/mol. The van der Waals surface area contributed by atoms with E-state index in [0.29, 0.717) is 13.0 Å². The molecular formula is C16H27N3O5. The van der Waals surface area contributed by atoms with Crippen LogP contribution in [0, 0.1) is 0 Å². The Morgan fingerprint density at radius 3 is 2.88 bits per heavy atom. The van der Waals surface area contributed by atoms with Crippen molar-refractivity contribution in [2.24, 2.45) is 5.73 Å². The van der Waals surface area contributed by atoms with Gasteiger partial charge in [0.05, 0.1) is 0 Å². The first-order valence-electron chi connectivity index (χ1n) is 8.25. The lowest BCUT2D eigenvalue weighted by Crippen LogP contribution is -2.58. The molecule has 2 rings (SSSR count). The maximum atomic E-state index is 12.3. The van der Waals surface area contributed by atoms with Crippen molar-refractivity contribution < 1.29 is 24.2 Å². The largest absolute Gasteiger partial charge is 0.388 e. The highest BCUT2D eigenvalue weighted by atomic mass is 16.8. The third-order valence-corrected chi connectivity index (χ3v) is 4.25. The molecule has 0 radical (unpaired) electrons. The zero-order valence-corrected chi connectivity index (χ0v) is 14.2. The highest BCUT2D eigenvalue weighted by Gasteiger charge is 2.46. The molecule has 0 unspecified atom stereocenters. The molecule has 0 aliphatic carbocycles. The minimum atomic E-state index is -1.29. The maximum Gasteiger partial charge on any atom is 0.242 e. The number of rotatable bonds is 5. The normalized spacial score (nSPS) is 32.3. The van der Waals surface area contributed by atoms with Crippen LogP contribution in [0.25, 0.3) is 0 Å². The summed E-state index contributed by atoms with van der Waals surface area (Å²) in [7, 11) is 0. The number of aliphatic hydroxyl groups excluding tert-OH is 1. The van der Waals surface area contributed by atoms with Gasteiger partial charge in [-0.1, -0.05) is 6.08 Å². The molecule has 136 valence electrons. The molecule has 2 fully saturated rings. The lowest BCUT2D eigenvalue weighted by atomic mass is 10.0. The van der Waals surface area contributed by atoms with E-state index in [1.807, 2.05) is 0 Å². The van der Waals surface area contributed by atoms with Crippen LogP contribution in [-0.2, 0) is 19.1 Å². The summed E-state index contributed by atoms with van der Waals surface area (Å²) in [6, 6.07) is -1.88. The molecule has 5 atom stereocenters. The van der Waals surface area contributed by atoms with E-state index in [1.165, 1.54) is 6.08 Å². The zero-order valence-electron chi connectivity index (χ0n) is 14.2. The molecule has 8 nitrogen and oxygen atoms in total. The minimum Gasteiger partial charge on any atom is -0.388 e. The van der Waals surface area contributed by atoms with Crippen LogP contribution in [0.1, 0.15) is 33.1 Å². The summed E-state index contributed by atoms with van der Waals surface area (Å²) < 4.78 is 11.2. The van der Waals surface area contributed by atoms with Crippen LogP contribution in [0.3, 0.4) is 0 Å². The number of carbonyl (C=O) groups is 2. The number of hydrogen-bond acceptors (Lipinski definition) is 6. The second-order valence-corrected chi connectivity index (χ2v) is 6.66. The third-order valence-electron chi connectivity index (χ3n) is 4.25. The zero-order chi connectivity index (χ0) is 17.9. The van der Waals surface area contributed by atoms with Gasteiger partial charge >= 0.3 is 0 Å². The van der Waals surface area contributed by atoms with Crippen LogP contribution >= 0.6 is 0 Å². The predicted molar refractivity (Wildman–Crippen MR) is 86.8 cm³/mol. The minimum absolute atomic E-state index is 0.229. The van der Waals surface area contributed by atoms with Gasteiger partial charge in [-0.2, -0.15) is 0 Å². The summed E-state index contributed by atoms with van der Waals surface area (Å²) in [6.45, 7) is 7.66. The molecule has 0 bridgehead atoms. The highest BCUT2D eigenvalue weighted by molar-refractivity contribution is 5.90. The molecule has 2 heterocycles. The number of hydrogen-bond donors (Lipinski definition) is 4. The van der Waals surface area contributed by atoms with Crippen molar-refractivity contribution in [2.45, 2.75) is 69.3 Å². The topological polar surface area (TPSA) is 123 Å². The Bertz CT molecular complexity index is 496. The van der Waals surface area contributed by atoms with Crippen molar-refractivity contribution in [2.75, 3.05) is 6.54 Å². The number of aliphatic hydroxyl groups is 1. The van der Waals surface area contributed by atoms with E-state index >= 15 is 0 Å². The van der Waals surface area contributed by atoms with Gasteiger partial charge in [-0.05, 0) is 33.1 Å². The van der Waals surface area contributed by atoms with Crippen molar-refractivity contribution in [3.63, 3.8) is 0 Å². The van der Waals surface area contributed by atoms with Crippen molar-refractivity contribution >= 4 is 11.8 Å². The number of amides is 2. The molecule has 24 heavy (non-hydrogen) atoms. The van der Waals surface area contributed by atoms with Gasteiger partial charge in [0.15, 0.2) is 5.79 Å². The summed E-state index contributed by atoms with van der Waals surface area (Å²) >= 11 is 0. The first-order valence-corrected chi connectivity index (χ1v) is 8.25. The van der Waals surface area contributed by atoms with E-state index in [-0.39, 0.29) is 5.91 Å². The number of nitrogens with two attached hydrogens (primary N) is 1. The van der Waals surface area contributed by atoms with Gasteiger partial charge in [-0.3, -0.25) is 9.59 Å². The highest BCUT2D eigenvalue weighted by Crippen LogP contribution is 2.31. The first kappa shape index (κ1) is 18.9. The molecule has 5 N–H and O–H groups in total. The fraction of sp³-hybridized carbons (Fsp3) is 0.750. The average molecular weight is 341 g/mol. The van der Waals surface area contributed by atoms with E-state index in [9.17, 15) is 14.7 Å². The first-order chi connectivity index (χ1) is 11.2. The summed E-state index contributed by atoms with van der Waals surface area (Å²) in [4.78, 5) is 24.2. The molecule has 0 aromatic rings. The van der Waals surface area contributed by atoms with Gasteiger partial charge in [-0.25, -0.2) is 0 Å². The summed E-state index contributed by atoms with van der Waals surface area (Å²) in [5.41, 5.74) is 5.88. The van der Waals surface area contributed by atoms with E-state index in [1.54, 1.807) is 13.8 Å². The van der Waals surface area contributed by atoms with Gasteiger partial charge in [0.25, 0.3) is 0 Å². The van der Waals surface area contributed by atoms with Gasteiger partial charge in [0, 0.05) is 6.54 Å². The van der Waals surface area contributed by atoms with E-state index in [2.05, 4.69) is 17.2 Å². The Morgan fingerprint density at radius 1 is 1.50 bits per heavy atom. The van der Waals surface area contributed by atoms with Gasteiger partial charge in [0.1, 0.15) is 30.4 Å². The summed E-state index contributed by atoms with van der Waals surface area (Å²) in [6.07, 6.45) is 1.08. The molecule has 0 aromatic carbocycles. The third kappa shape index (κ3) is 4.32. The van der Waals surface area contributed by atoms with E-state index in [0.717, 1.165) is 12.8 Å². The molecule has 0 aromatic heterocycles. The smallest absolute Gasteiger partial charge is 0.242 e. The van der Waals surface area contributed by atoms with Crippen molar-refractivity contribution in [3.05, 3.63) is 12.7 Å². The SMILES string of the molecule is C=C[C@H]1OC(C)(C)O[C@@H]1[C@@H](O)[C@@H](N)C(=O)N[C@H]1CCCCNC1=O. The van der Waals surface area contributed by atoms with Crippen molar-refractivity contribution in [1.82, 2.24) is 10.6 Å². The molecule has 2 aliphatic rings. The Labute approximate surface area is 141 Å². The lowest BCUT2D eigenvalue weighted by molar-refractivity contribution is -0.157. The van der Waals surface area contributed by atoms with Crippen LogP contribution in [0.15, 0.2) is 12.7 Å². The summed E-state index contributed by atoms with van der Waals surface area (Å²) in [5, 5.41) is 15.8.